The van der Waals surface area contributed by atoms with E-state index in [0.29, 0.717) is 16.9 Å². The zero-order chi connectivity index (χ0) is 13.1. The van der Waals surface area contributed by atoms with Gasteiger partial charge in [-0.1, -0.05) is 6.92 Å². The van der Waals surface area contributed by atoms with Gasteiger partial charge in [0.1, 0.15) is 11.6 Å². The average molecular weight is 268 g/mol. The minimum Gasteiger partial charge on any atom is -0.373 e. The van der Waals surface area contributed by atoms with E-state index in [1.54, 1.807) is 13.1 Å². The molecule has 98 valence electrons. The van der Waals surface area contributed by atoms with Gasteiger partial charge in [-0.25, -0.2) is 4.98 Å². The van der Waals surface area contributed by atoms with Crippen molar-refractivity contribution in [2.75, 3.05) is 36.1 Å². The maximum absolute atomic E-state index is 10.9. The number of thioether (sulfide) groups is 1. The number of anilines is 2. The van der Waals surface area contributed by atoms with E-state index in [2.05, 4.69) is 22.1 Å². The van der Waals surface area contributed by atoms with E-state index in [1.165, 1.54) is 6.07 Å². The molecule has 0 aromatic carbocycles. The van der Waals surface area contributed by atoms with Crippen molar-refractivity contribution in [2.45, 2.75) is 12.2 Å². The van der Waals surface area contributed by atoms with Gasteiger partial charge in [0, 0.05) is 31.1 Å². The summed E-state index contributed by atoms with van der Waals surface area (Å²) in [5.41, 5.74) is 0.0789. The van der Waals surface area contributed by atoms with Gasteiger partial charge in [0.15, 0.2) is 0 Å². The summed E-state index contributed by atoms with van der Waals surface area (Å²) >= 11 is 1.92. The lowest BCUT2D eigenvalue weighted by molar-refractivity contribution is -0.384. The lowest BCUT2D eigenvalue weighted by Crippen LogP contribution is -2.37. The molecule has 2 heterocycles. The van der Waals surface area contributed by atoms with Crippen molar-refractivity contribution in [2.24, 2.45) is 0 Å². The third kappa shape index (κ3) is 2.84. The van der Waals surface area contributed by atoms with Crippen molar-refractivity contribution in [1.29, 1.82) is 0 Å². The maximum atomic E-state index is 10.9. The van der Waals surface area contributed by atoms with Gasteiger partial charge in [0.2, 0.25) is 0 Å². The van der Waals surface area contributed by atoms with E-state index in [-0.39, 0.29) is 10.6 Å². The van der Waals surface area contributed by atoms with E-state index in [4.69, 9.17) is 0 Å². The fraction of sp³-hybridized carbons (Fsp3) is 0.545. The maximum Gasteiger partial charge on any atom is 0.276 e. The Hall–Kier alpha value is -1.50. The summed E-state index contributed by atoms with van der Waals surface area (Å²) in [7, 11) is 1.71. The predicted molar refractivity (Wildman–Crippen MR) is 74.6 cm³/mol. The molecule has 1 aliphatic heterocycles. The lowest BCUT2D eigenvalue weighted by Gasteiger charge is -2.31. The number of aromatic nitrogens is 1. The summed E-state index contributed by atoms with van der Waals surface area (Å²) in [5, 5.41) is 14.3. The van der Waals surface area contributed by atoms with Gasteiger partial charge in [-0.05, 0) is 0 Å². The summed E-state index contributed by atoms with van der Waals surface area (Å²) in [6.45, 7) is 3.92. The molecule has 6 nitrogen and oxygen atoms in total. The Morgan fingerprint density at radius 3 is 3.00 bits per heavy atom. The molecule has 0 radical (unpaired) electrons. The van der Waals surface area contributed by atoms with Crippen LogP contribution >= 0.6 is 11.8 Å². The van der Waals surface area contributed by atoms with Crippen molar-refractivity contribution in [3.05, 3.63) is 22.2 Å². The standard InChI is InChI=1S/C11H16N4O2S/c1-8-7-14(3-4-18-8)11-6-9(15(16)17)5-10(12-2)13-11/h5-6,8H,3-4,7H2,1-2H3,(H,12,13). The van der Waals surface area contributed by atoms with E-state index >= 15 is 0 Å². The second kappa shape index (κ2) is 5.43. The van der Waals surface area contributed by atoms with E-state index in [1.807, 2.05) is 11.8 Å². The molecule has 1 aromatic rings. The van der Waals surface area contributed by atoms with Crippen molar-refractivity contribution in [3.63, 3.8) is 0 Å². The quantitative estimate of drug-likeness (QED) is 0.667. The van der Waals surface area contributed by atoms with Crippen LogP contribution in [0.2, 0.25) is 0 Å². The van der Waals surface area contributed by atoms with Gasteiger partial charge in [0.25, 0.3) is 5.69 Å². The molecule has 0 amide bonds. The largest absolute Gasteiger partial charge is 0.373 e. The first kappa shape index (κ1) is 12.9. The molecule has 18 heavy (non-hydrogen) atoms. The van der Waals surface area contributed by atoms with Crippen LogP contribution in [0, 0.1) is 10.1 Å². The Morgan fingerprint density at radius 2 is 2.39 bits per heavy atom. The number of pyridine rings is 1. The molecule has 1 atom stereocenters. The third-order valence-electron chi connectivity index (χ3n) is 2.83. The SMILES string of the molecule is CNc1cc([N+](=O)[O-])cc(N2CCSC(C)C2)n1. The highest BCUT2D eigenvalue weighted by atomic mass is 32.2. The molecule has 1 aliphatic rings. The smallest absolute Gasteiger partial charge is 0.276 e. The monoisotopic (exact) mass is 268 g/mol. The molecule has 1 N–H and O–H groups in total. The Balaban J connectivity index is 2.31. The first-order chi connectivity index (χ1) is 8.60. The summed E-state index contributed by atoms with van der Waals surface area (Å²) in [4.78, 5) is 17.0. The topological polar surface area (TPSA) is 71.3 Å². The average Bonchev–Trinajstić information content (AvgIpc) is 2.38. The summed E-state index contributed by atoms with van der Waals surface area (Å²) in [6.07, 6.45) is 0. The normalized spacial score (nSPS) is 19.7. The van der Waals surface area contributed by atoms with Crippen LogP contribution in [0.5, 0.6) is 0 Å². The summed E-state index contributed by atoms with van der Waals surface area (Å²) in [6, 6.07) is 3.00. The van der Waals surface area contributed by atoms with Crippen LogP contribution in [-0.2, 0) is 0 Å². The van der Waals surface area contributed by atoms with E-state index < -0.39 is 0 Å². The van der Waals surface area contributed by atoms with Crippen molar-refractivity contribution in [1.82, 2.24) is 4.98 Å². The Morgan fingerprint density at radius 1 is 1.61 bits per heavy atom. The number of nitro groups is 1. The lowest BCUT2D eigenvalue weighted by atomic mass is 10.3. The van der Waals surface area contributed by atoms with Crippen molar-refractivity contribution < 1.29 is 4.92 Å². The predicted octanol–water partition coefficient (Wildman–Crippen LogP) is 1.97. The van der Waals surface area contributed by atoms with Crippen LogP contribution in [-0.4, -0.2) is 41.0 Å². The van der Waals surface area contributed by atoms with E-state index in [9.17, 15) is 10.1 Å². The first-order valence-corrected chi connectivity index (χ1v) is 6.86. The molecule has 1 fully saturated rings. The molecule has 2 rings (SSSR count). The van der Waals surface area contributed by atoms with Gasteiger partial charge < -0.3 is 10.2 Å². The van der Waals surface area contributed by atoms with Crippen LogP contribution < -0.4 is 10.2 Å². The Bertz CT molecular complexity index is 455. The number of nitrogens with zero attached hydrogens (tertiary/aromatic N) is 3. The van der Waals surface area contributed by atoms with Crippen molar-refractivity contribution >= 4 is 29.1 Å². The fourth-order valence-electron chi connectivity index (χ4n) is 1.92. The van der Waals surface area contributed by atoms with Crippen molar-refractivity contribution in [3.8, 4) is 0 Å². The molecular formula is C11H16N4O2S. The minimum absolute atomic E-state index is 0.0789. The molecule has 7 heteroatoms. The molecule has 0 spiro atoms. The molecule has 1 aromatic heterocycles. The molecule has 0 bridgehead atoms. The Labute approximate surface area is 110 Å². The van der Waals surface area contributed by atoms with Crippen LogP contribution in [0.1, 0.15) is 6.92 Å². The molecule has 1 unspecified atom stereocenters. The van der Waals surface area contributed by atoms with Gasteiger partial charge in [0.05, 0.1) is 17.1 Å². The molecule has 1 saturated heterocycles. The second-order valence-electron chi connectivity index (χ2n) is 4.20. The van der Waals surface area contributed by atoms with Crippen LogP contribution in [0.4, 0.5) is 17.3 Å². The Kier molecular flexibility index (Phi) is 3.90. The fourth-order valence-corrected chi connectivity index (χ4v) is 2.94. The summed E-state index contributed by atoms with van der Waals surface area (Å²) < 4.78 is 0. The highest BCUT2D eigenvalue weighted by molar-refractivity contribution is 8.00. The third-order valence-corrected chi connectivity index (χ3v) is 3.96. The minimum atomic E-state index is -0.381. The van der Waals surface area contributed by atoms with E-state index in [0.717, 1.165) is 18.8 Å². The number of hydrogen-bond donors (Lipinski definition) is 1. The second-order valence-corrected chi connectivity index (χ2v) is 5.75. The highest BCUT2D eigenvalue weighted by Gasteiger charge is 2.20. The van der Waals surface area contributed by atoms with Gasteiger partial charge in [-0.2, -0.15) is 11.8 Å². The molecule has 0 aliphatic carbocycles. The number of hydrogen-bond acceptors (Lipinski definition) is 6. The molecular weight excluding hydrogens is 252 g/mol. The zero-order valence-electron chi connectivity index (χ0n) is 10.4. The first-order valence-electron chi connectivity index (χ1n) is 5.81. The van der Waals surface area contributed by atoms with Crippen LogP contribution in [0.3, 0.4) is 0 Å². The molecule has 0 saturated carbocycles. The number of rotatable bonds is 3. The van der Waals surface area contributed by atoms with Gasteiger partial charge in [-0.3, -0.25) is 10.1 Å². The zero-order valence-corrected chi connectivity index (χ0v) is 11.2. The van der Waals surface area contributed by atoms with Gasteiger partial charge in [-0.15, -0.1) is 0 Å². The van der Waals surface area contributed by atoms with Gasteiger partial charge >= 0.3 is 0 Å². The number of nitrogens with one attached hydrogen (secondary N) is 1. The highest BCUT2D eigenvalue weighted by Crippen LogP contribution is 2.27. The van der Waals surface area contributed by atoms with Crippen LogP contribution in [0.15, 0.2) is 12.1 Å². The van der Waals surface area contributed by atoms with Crippen LogP contribution in [0.25, 0.3) is 0 Å². The summed E-state index contributed by atoms with van der Waals surface area (Å²) in [5.74, 6) is 2.24.